The Hall–Kier alpha value is -8.14. The fraction of sp³-hybridized carbons (Fsp3) is 0. The molecule has 0 N–H and O–H groups in total. The predicted molar refractivity (Wildman–Crippen MR) is 257 cm³/mol. The van der Waals surface area contributed by atoms with Gasteiger partial charge in [-0.2, -0.15) is 0 Å². The van der Waals surface area contributed by atoms with Crippen molar-refractivity contribution in [3.8, 4) is 50.7 Å². The molecule has 0 aliphatic rings. The average molecular weight is 774 g/mol. The van der Waals surface area contributed by atoms with Crippen LogP contribution in [0.4, 0.5) is 0 Å². The smallest absolute Gasteiger partial charge is 0.160 e. The Morgan fingerprint density at radius 3 is 1.64 bits per heavy atom. The van der Waals surface area contributed by atoms with E-state index < -0.39 is 0 Å². The Labute approximate surface area is 351 Å². The van der Waals surface area contributed by atoms with Gasteiger partial charge in [-0.3, -0.25) is 0 Å². The molecule has 11 aromatic carbocycles. The van der Waals surface area contributed by atoms with E-state index in [1.54, 1.807) is 0 Å². The van der Waals surface area contributed by atoms with Gasteiger partial charge in [0, 0.05) is 33.2 Å². The van der Waals surface area contributed by atoms with Gasteiger partial charge < -0.3 is 4.57 Å². The van der Waals surface area contributed by atoms with E-state index in [1.807, 2.05) is 0 Å². The highest BCUT2D eigenvalue weighted by Crippen LogP contribution is 2.42. The van der Waals surface area contributed by atoms with Crippen LogP contribution in [0, 0.1) is 0 Å². The summed E-state index contributed by atoms with van der Waals surface area (Å²) in [5.74, 6) is 0.677. The second-order valence-electron chi connectivity index (χ2n) is 16.1. The lowest BCUT2D eigenvalue weighted by molar-refractivity contribution is 1.16. The minimum Gasteiger partial charge on any atom is -0.309 e. The topological polar surface area (TPSA) is 30.7 Å². The fourth-order valence-corrected chi connectivity index (χ4v) is 9.95. The molecule has 0 aliphatic carbocycles. The molecule has 282 valence electrons. The van der Waals surface area contributed by atoms with Crippen LogP contribution < -0.4 is 0 Å². The van der Waals surface area contributed by atoms with Crippen LogP contribution in [-0.4, -0.2) is 14.5 Å². The summed E-state index contributed by atoms with van der Waals surface area (Å²) in [5.41, 5.74) is 10.5. The zero-order valence-electron chi connectivity index (χ0n) is 33.0. The molecule has 0 unspecified atom stereocenters. The molecule has 0 amide bonds. The summed E-state index contributed by atoms with van der Waals surface area (Å²) >= 11 is 0. The van der Waals surface area contributed by atoms with Crippen LogP contribution in [0.5, 0.6) is 0 Å². The monoisotopic (exact) mass is 773 g/mol. The molecule has 3 nitrogen and oxygen atoms in total. The number of nitrogens with zero attached hydrogens (tertiary/aromatic N) is 3. The van der Waals surface area contributed by atoms with Crippen LogP contribution in [0.3, 0.4) is 0 Å². The van der Waals surface area contributed by atoms with Crippen molar-refractivity contribution in [1.82, 2.24) is 14.5 Å². The molecule has 13 rings (SSSR count). The van der Waals surface area contributed by atoms with Gasteiger partial charge in [0.15, 0.2) is 5.82 Å². The summed E-state index contributed by atoms with van der Waals surface area (Å²) < 4.78 is 2.41. The maximum atomic E-state index is 5.56. The van der Waals surface area contributed by atoms with E-state index in [0.717, 1.165) is 50.4 Å². The van der Waals surface area contributed by atoms with E-state index in [0.29, 0.717) is 5.82 Å². The Morgan fingerprint density at radius 1 is 0.295 bits per heavy atom. The summed E-state index contributed by atoms with van der Waals surface area (Å²) in [5, 5.41) is 14.8. The zero-order chi connectivity index (χ0) is 40.0. The Bertz CT molecular complexity index is 3810. The third-order valence-electron chi connectivity index (χ3n) is 12.7. The summed E-state index contributed by atoms with van der Waals surface area (Å²) in [7, 11) is 0. The number of hydrogen-bond donors (Lipinski definition) is 0. The Balaban J connectivity index is 1.12. The molecule has 3 heteroatoms. The summed E-state index contributed by atoms with van der Waals surface area (Å²) in [6.07, 6.45) is 0. The molecule has 0 radical (unpaired) electrons. The number of para-hydroxylation sites is 2. The summed E-state index contributed by atoms with van der Waals surface area (Å²) in [6, 6.07) is 76.9. The second kappa shape index (κ2) is 13.2. The Kier molecular flexibility index (Phi) is 7.31. The normalized spacial score (nSPS) is 11.9. The average Bonchev–Trinajstić information content (AvgIpc) is 3.67. The van der Waals surface area contributed by atoms with E-state index in [9.17, 15) is 0 Å². The van der Waals surface area contributed by atoms with Gasteiger partial charge in [0.2, 0.25) is 0 Å². The van der Waals surface area contributed by atoms with Gasteiger partial charge in [-0.05, 0) is 107 Å². The molecule has 0 bridgehead atoms. The third kappa shape index (κ3) is 5.24. The Morgan fingerprint density at radius 2 is 0.869 bits per heavy atom. The number of hydrogen-bond acceptors (Lipinski definition) is 2. The van der Waals surface area contributed by atoms with Crippen molar-refractivity contribution in [1.29, 1.82) is 0 Å². The highest BCUT2D eigenvalue weighted by Gasteiger charge is 2.20. The minimum absolute atomic E-state index is 0.677. The summed E-state index contributed by atoms with van der Waals surface area (Å²) in [4.78, 5) is 11.0. The predicted octanol–water partition coefficient (Wildman–Crippen LogP) is 15.4. The molecule has 2 heterocycles. The van der Waals surface area contributed by atoms with Gasteiger partial charge >= 0.3 is 0 Å². The van der Waals surface area contributed by atoms with Crippen molar-refractivity contribution in [3.05, 3.63) is 212 Å². The lowest BCUT2D eigenvalue weighted by atomic mass is 9.91. The first-order valence-corrected chi connectivity index (χ1v) is 20.9. The van der Waals surface area contributed by atoms with Crippen molar-refractivity contribution in [2.45, 2.75) is 0 Å². The van der Waals surface area contributed by atoms with E-state index >= 15 is 0 Å². The van der Waals surface area contributed by atoms with Crippen molar-refractivity contribution in [2.75, 3.05) is 0 Å². The van der Waals surface area contributed by atoms with Crippen LogP contribution in [0.25, 0.3) is 126 Å². The fourth-order valence-electron chi connectivity index (χ4n) is 9.95. The standard InChI is InChI=1S/C58H35N3/c1-2-13-36(14-3-1)52-35-53(47-29-27-39-26-25-37-16-12-17-38-28-30-50(47)57(39)56(37)38)60-58(59-52)42-31-41(51-34-40-15-4-5-18-44(40)45-19-6-7-20-46(45)51)32-43(33-42)61-54-23-10-8-21-48(54)49-22-9-11-24-55(49)61/h1-35H. The van der Waals surface area contributed by atoms with Crippen LogP contribution >= 0.6 is 0 Å². The van der Waals surface area contributed by atoms with Gasteiger partial charge in [-0.25, -0.2) is 9.97 Å². The molecular formula is C58H35N3. The zero-order valence-corrected chi connectivity index (χ0v) is 33.0. The third-order valence-corrected chi connectivity index (χ3v) is 12.7. The molecule has 13 aromatic rings. The van der Waals surface area contributed by atoms with E-state index in [2.05, 4.69) is 217 Å². The van der Waals surface area contributed by atoms with Crippen molar-refractivity contribution in [3.63, 3.8) is 0 Å². The molecule has 0 aliphatic heterocycles. The quantitative estimate of drug-likeness (QED) is 0.163. The number of aromatic nitrogens is 3. The molecular weight excluding hydrogens is 739 g/mol. The maximum Gasteiger partial charge on any atom is 0.160 e. The highest BCUT2D eigenvalue weighted by atomic mass is 15.0. The van der Waals surface area contributed by atoms with E-state index in [4.69, 9.17) is 9.97 Å². The minimum atomic E-state index is 0.677. The van der Waals surface area contributed by atoms with Gasteiger partial charge in [-0.15, -0.1) is 0 Å². The SMILES string of the molecule is c1ccc(-c2cc(-c3ccc4ccc5cccc6ccc3c4c56)nc(-c3cc(-c4cc5ccccc5c5ccccc45)cc(-n4c5ccccc5c5ccccc54)c3)n2)cc1. The summed E-state index contributed by atoms with van der Waals surface area (Å²) in [6.45, 7) is 0. The molecule has 61 heavy (non-hydrogen) atoms. The lowest BCUT2D eigenvalue weighted by Crippen LogP contribution is -2.00. The maximum absolute atomic E-state index is 5.56. The van der Waals surface area contributed by atoms with E-state index in [-0.39, 0.29) is 0 Å². The number of benzene rings is 11. The molecule has 0 spiro atoms. The van der Waals surface area contributed by atoms with Crippen LogP contribution in [0.1, 0.15) is 0 Å². The largest absolute Gasteiger partial charge is 0.309 e. The van der Waals surface area contributed by atoms with Gasteiger partial charge in [0.1, 0.15) is 0 Å². The molecule has 2 aromatic heterocycles. The van der Waals surface area contributed by atoms with E-state index in [1.165, 1.54) is 70.2 Å². The molecule has 0 atom stereocenters. The van der Waals surface area contributed by atoms with Crippen LogP contribution in [0.2, 0.25) is 0 Å². The van der Waals surface area contributed by atoms with Gasteiger partial charge in [-0.1, -0.05) is 170 Å². The first kappa shape index (κ1) is 33.8. The molecule has 0 saturated heterocycles. The van der Waals surface area contributed by atoms with Gasteiger partial charge in [0.25, 0.3) is 0 Å². The first-order valence-electron chi connectivity index (χ1n) is 20.9. The van der Waals surface area contributed by atoms with Crippen LogP contribution in [-0.2, 0) is 0 Å². The molecule has 0 fully saturated rings. The number of fused-ring (bicyclic) bond motifs is 6. The van der Waals surface area contributed by atoms with Crippen molar-refractivity contribution in [2.24, 2.45) is 0 Å². The lowest BCUT2D eigenvalue weighted by Gasteiger charge is -2.17. The van der Waals surface area contributed by atoms with Crippen molar-refractivity contribution < 1.29 is 0 Å². The second-order valence-corrected chi connectivity index (χ2v) is 16.1. The first-order chi connectivity index (χ1) is 30.2. The highest BCUT2D eigenvalue weighted by molar-refractivity contribution is 6.25. The van der Waals surface area contributed by atoms with Crippen molar-refractivity contribution >= 4 is 75.7 Å². The number of rotatable bonds is 5. The van der Waals surface area contributed by atoms with Gasteiger partial charge in [0.05, 0.1) is 22.4 Å². The molecule has 0 saturated carbocycles. The van der Waals surface area contributed by atoms with Crippen LogP contribution in [0.15, 0.2) is 212 Å².